The highest BCUT2D eigenvalue weighted by molar-refractivity contribution is 7.92. The molecule has 0 bridgehead atoms. The van der Waals surface area contributed by atoms with Crippen LogP contribution in [0.4, 0.5) is 11.4 Å². The van der Waals surface area contributed by atoms with Crippen LogP contribution in [0.1, 0.15) is 13.8 Å². The van der Waals surface area contributed by atoms with Gasteiger partial charge < -0.3 is 14.8 Å². The van der Waals surface area contributed by atoms with Gasteiger partial charge in [-0.05, 0) is 44.2 Å². The summed E-state index contributed by atoms with van der Waals surface area (Å²) in [5, 5.41) is 2.72. The molecule has 2 aromatic carbocycles. The summed E-state index contributed by atoms with van der Waals surface area (Å²) in [6.07, 6.45) is 0. The van der Waals surface area contributed by atoms with Crippen molar-refractivity contribution in [2.24, 2.45) is 0 Å². The summed E-state index contributed by atoms with van der Waals surface area (Å²) >= 11 is 1.10. The Hall–Kier alpha value is -3.05. The van der Waals surface area contributed by atoms with Crippen molar-refractivity contribution >= 4 is 48.9 Å². The van der Waals surface area contributed by atoms with Gasteiger partial charge in [-0.2, -0.15) is 0 Å². The Kier molecular flexibility index (Phi) is 5.63. The summed E-state index contributed by atoms with van der Waals surface area (Å²) in [6, 6.07) is 9.90. The number of hydrogen-bond acceptors (Lipinski definition) is 7. The fraction of sp³-hybridized carbons (Fsp3) is 0.300. The second-order valence-corrected chi connectivity index (χ2v) is 9.96. The van der Waals surface area contributed by atoms with E-state index in [0.717, 1.165) is 25.9 Å². The number of thiazole rings is 1. The number of benzene rings is 2. The third-order valence-electron chi connectivity index (χ3n) is 4.90. The van der Waals surface area contributed by atoms with Gasteiger partial charge in [-0.1, -0.05) is 11.3 Å². The van der Waals surface area contributed by atoms with Crippen molar-refractivity contribution in [3.63, 3.8) is 0 Å². The number of sulfonamides is 1. The number of aryl methyl sites for hydroxylation is 1. The third kappa shape index (κ3) is 4.10. The molecule has 0 radical (unpaired) electrons. The standard InChI is InChI=1S/C20H21N3O6S2/c1-3-22-15-7-5-13(9-18(15)30-20(22)25)21-19(24)11-23(31(26,27)4-2)14-6-8-16-17(10-14)29-12-28-16/h5-10H,3-4,11-12H2,1-2H3,(H,21,24). The maximum absolute atomic E-state index is 12.7. The van der Waals surface area contributed by atoms with E-state index in [1.807, 2.05) is 6.92 Å². The van der Waals surface area contributed by atoms with E-state index in [1.165, 1.54) is 6.92 Å². The molecule has 1 amide bonds. The van der Waals surface area contributed by atoms with Crippen LogP contribution in [0.15, 0.2) is 41.2 Å². The number of hydrogen-bond donors (Lipinski definition) is 1. The predicted octanol–water partition coefficient (Wildman–Crippen LogP) is 2.61. The van der Waals surface area contributed by atoms with Gasteiger partial charge in [-0.3, -0.25) is 18.5 Å². The van der Waals surface area contributed by atoms with Gasteiger partial charge in [-0.25, -0.2) is 8.42 Å². The molecule has 3 aromatic rings. The molecule has 164 valence electrons. The molecule has 0 spiro atoms. The highest BCUT2D eigenvalue weighted by Gasteiger charge is 2.26. The zero-order valence-corrected chi connectivity index (χ0v) is 18.6. The molecular weight excluding hydrogens is 442 g/mol. The fourth-order valence-electron chi connectivity index (χ4n) is 3.32. The van der Waals surface area contributed by atoms with Gasteiger partial charge in [0.2, 0.25) is 22.7 Å². The van der Waals surface area contributed by atoms with Gasteiger partial charge in [0, 0.05) is 18.3 Å². The Labute approximate surface area is 182 Å². The summed E-state index contributed by atoms with van der Waals surface area (Å²) < 4.78 is 39.4. The van der Waals surface area contributed by atoms with Gasteiger partial charge in [0.25, 0.3) is 0 Å². The maximum atomic E-state index is 12.7. The predicted molar refractivity (Wildman–Crippen MR) is 120 cm³/mol. The van der Waals surface area contributed by atoms with Crippen LogP contribution in [0.5, 0.6) is 11.5 Å². The zero-order valence-electron chi connectivity index (χ0n) is 17.0. The van der Waals surface area contributed by atoms with Crippen molar-refractivity contribution in [2.75, 3.05) is 28.7 Å². The minimum atomic E-state index is -3.72. The van der Waals surface area contributed by atoms with Gasteiger partial charge in [0.1, 0.15) is 6.54 Å². The van der Waals surface area contributed by atoms with E-state index in [9.17, 15) is 18.0 Å². The number of carbonyl (C=O) groups is 1. The minimum absolute atomic E-state index is 0.0636. The summed E-state index contributed by atoms with van der Waals surface area (Å²) in [7, 11) is -3.72. The number of carbonyl (C=O) groups excluding carboxylic acids is 1. The minimum Gasteiger partial charge on any atom is -0.454 e. The van der Waals surface area contributed by atoms with E-state index in [4.69, 9.17) is 9.47 Å². The zero-order chi connectivity index (χ0) is 22.2. The van der Waals surface area contributed by atoms with Crippen molar-refractivity contribution in [1.29, 1.82) is 0 Å². The van der Waals surface area contributed by atoms with E-state index in [1.54, 1.807) is 41.0 Å². The lowest BCUT2D eigenvalue weighted by Crippen LogP contribution is -2.39. The maximum Gasteiger partial charge on any atom is 0.308 e. The first-order valence-electron chi connectivity index (χ1n) is 9.65. The number of anilines is 2. The molecule has 1 aliphatic heterocycles. The average molecular weight is 464 g/mol. The van der Waals surface area contributed by atoms with Crippen molar-refractivity contribution < 1.29 is 22.7 Å². The summed E-state index contributed by atoms with van der Waals surface area (Å²) in [6.45, 7) is 3.63. The molecule has 9 nitrogen and oxygen atoms in total. The first-order chi connectivity index (χ1) is 14.8. The van der Waals surface area contributed by atoms with E-state index in [-0.39, 0.29) is 17.4 Å². The lowest BCUT2D eigenvalue weighted by atomic mass is 10.2. The molecule has 31 heavy (non-hydrogen) atoms. The van der Waals surface area contributed by atoms with Crippen LogP contribution < -0.4 is 24.0 Å². The topological polar surface area (TPSA) is 107 Å². The Morgan fingerprint density at radius 1 is 1.16 bits per heavy atom. The molecule has 0 fully saturated rings. The van der Waals surface area contributed by atoms with E-state index >= 15 is 0 Å². The van der Waals surface area contributed by atoms with E-state index < -0.39 is 22.5 Å². The number of fused-ring (bicyclic) bond motifs is 2. The first-order valence-corrected chi connectivity index (χ1v) is 12.1. The van der Waals surface area contributed by atoms with Crippen LogP contribution in [-0.4, -0.2) is 38.0 Å². The molecule has 0 saturated carbocycles. The molecule has 2 heterocycles. The van der Waals surface area contributed by atoms with E-state index in [2.05, 4.69) is 5.32 Å². The Balaban J connectivity index is 1.58. The number of rotatable bonds is 7. The average Bonchev–Trinajstić information content (AvgIpc) is 3.33. The number of ether oxygens (including phenoxy) is 2. The normalized spacial score (nSPS) is 12.8. The number of nitrogens with zero attached hydrogens (tertiary/aromatic N) is 2. The van der Waals surface area contributed by atoms with Crippen molar-refractivity contribution in [3.8, 4) is 11.5 Å². The smallest absolute Gasteiger partial charge is 0.308 e. The second-order valence-electron chi connectivity index (χ2n) is 6.79. The molecule has 11 heteroatoms. The van der Waals surface area contributed by atoms with E-state index in [0.29, 0.717) is 29.4 Å². The monoisotopic (exact) mass is 463 g/mol. The Morgan fingerprint density at radius 3 is 2.68 bits per heavy atom. The Bertz CT molecular complexity index is 1310. The van der Waals surface area contributed by atoms with Gasteiger partial charge in [0.15, 0.2) is 11.5 Å². The van der Waals surface area contributed by atoms with Crippen LogP contribution in [0.2, 0.25) is 0 Å². The molecule has 1 aromatic heterocycles. The largest absolute Gasteiger partial charge is 0.454 e. The molecule has 0 unspecified atom stereocenters. The molecular formula is C20H21N3O6S2. The van der Waals surface area contributed by atoms with Crippen molar-refractivity contribution in [1.82, 2.24) is 4.57 Å². The SMILES string of the molecule is CCn1c(=O)sc2cc(NC(=O)CN(c3ccc4c(c3)OCO4)S(=O)(=O)CC)ccc21. The van der Waals surface area contributed by atoms with Crippen LogP contribution in [-0.2, 0) is 21.4 Å². The lowest BCUT2D eigenvalue weighted by Gasteiger charge is -2.23. The van der Waals surface area contributed by atoms with Gasteiger partial charge >= 0.3 is 4.87 Å². The highest BCUT2D eigenvalue weighted by Crippen LogP contribution is 2.36. The third-order valence-corrected chi connectivity index (χ3v) is 7.58. The first kappa shape index (κ1) is 21.2. The van der Waals surface area contributed by atoms with Gasteiger partial charge in [0.05, 0.1) is 21.7 Å². The van der Waals surface area contributed by atoms with Crippen LogP contribution in [0.25, 0.3) is 10.2 Å². The highest BCUT2D eigenvalue weighted by atomic mass is 32.2. The van der Waals surface area contributed by atoms with Crippen LogP contribution >= 0.6 is 11.3 Å². The lowest BCUT2D eigenvalue weighted by molar-refractivity contribution is -0.114. The molecule has 0 atom stereocenters. The van der Waals surface area contributed by atoms with Crippen LogP contribution in [0, 0.1) is 0 Å². The fourth-order valence-corrected chi connectivity index (χ4v) is 5.38. The molecule has 1 aliphatic rings. The number of amides is 1. The molecule has 1 N–H and O–H groups in total. The second kappa shape index (κ2) is 8.23. The summed E-state index contributed by atoms with van der Waals surface area (Å²) in [5.74, 6) is 0.277. The molecule has 4 rings (SSSR count). The summed E-state index contributed by atoms with van der Waals surface area (Å²) in [4.78, 5) is 24.7. The molecule has 0 saturated heterocycles. The molecule has 0 aliphatic carbocycles. The van der Waals surface area contributed by atoms with Gasteiger partial charge in [-0.15, -0.1) is 0 Å². The Morgan fingerprint density at radius 2 is 1.94 bits per heavy atom. The number of nitrogens with one attached hydrogen (secondary N) is 1. The summed E-state index contributed by atoms with van der Waals surface area (Å²) in [5.41, 5.74) is 1.60. The quantitative estimate of drug-likeness (QED) is 0.577. The number of aromatic nitrogens is 1. The van der Waals surface area contributed by atoms with Crippen molar-refractivity contribution in [3.05, 3.63) is 46.1 Å². The van der Waals surface area contributed by atoms with Crippen LogP contribution in [0.3, 0.4) is 0 Å². The van der Waals surface area contributed by atoms with Crippen molar-refractivity contribution in [2.45, 2.75) is 20.4 Å².